The van der Waals surface area contributed by atoms with Gasteiger partial charge in [-0.15, -0.1) is 0 Å². The van der Waals surface area contributed by atoms with Crippen LogP contribution in [-0.4, -0.2) is 11.7 Å². The Morgan fingerprint density at radius 1 is 1.64 bits per heavy atom. The van der Waals surface area contributed by atoms with Crippen molar-refractivity contribution in [2.45, 2.75) is 45.3 Å². The van der Waals surface area contributed by atoms with Gasteiger partial charge in [-0.3, -0.25) is 0 Å². The van der Waals surface area contributed by atoms with Gasteiger partial charge in [0, 0.05) is 0 Å². The molecule has 0 aromatic rings. The number of epoxide rings is 1. The predicted molar refractivity (Wildman–Crippen MR) is 45.4 cm³/mol. The van der Waals surface area contributed by atoms with Gasteiger partial charge in [0.25, 0.3) is 0 Å². The van der Waals surface area contributed by atoms with Crippen molar-refractivity contribution >= 4 is 0 Å². The van der Waals surface area contributed by atoms with Gasteiger partial charge in [-0.1, -0.05) is 25.5 Å². The molecule has 1 heteroatoms. The Labute approximate surface area is 68.4 Å². The molecule has 0 spiro atoms. The highest BCUT2D eigenvalue weighted by Gasteiger charge is 2.53. The monoisotopic (exact) mass is 152 g/mol. The second-order valence-corrected chi connectivity index (χ2v) is 4.26. The van der Waals surface area contributed by atoms with Gasteiger partial charge in [0.1, 0.15) is 0 Å². The van der Waals surface area contributed by atoms with Crippen molar-refractivity contribution in [3.8, 4) is 0 Å². The average Bonchev–Trinajstić information content (AvgIpc) is 2.58. The summed E-state index contributed by atoms with van der Waals surface area (Å²) in [7, 11) is 0. The lowest BCUT2D eigenvalue weighted by Gasteiger charge is -2.16. The first-order valence-corrected chi connectivity index (χ1v) is 4.48. The van der Waals surface area contributed by atoms with Gasteiger partial charge in [0.05, 0.1) is 11.7 Å². The predicted octanol–water partition coefficient (Wildman–Crippen LogP) is 2.52. The molecule has 1 nitrogen and oxygen atoms in total. The normalized spacial score (nSPS) is 41.8. The number of hydrogen-bond acceptors (Lipinski definition) is 1. The molecular formula is C10H16O. The molecular weight excluding hydrogens is 136 g/mol. The fourth-order valence-corrected chi connectivity index (χ4v) is 1.83. The molecule has 0 N–H and O–H groups in total. The Hall–Kier alpha value is -0.300. The van der Waals surface area contributed by atoms with E-state index in [0.29, 0.717) is 12.0 Å². The molecule has 1 aliphatic carbocycles. The zero-order chi connectivity index (χ0) is 8.06. The highest BCUT2D eigenvalue weighted by Crippen LogP contribution is 2.47. The molecule has 0 saturated carbocycles. The summed E-state index contributed by atoms with van der Waals surface area (Å²) in [5.41, 5.74) is 1.82. The number of fused-ring (bicyclic) bond motifs is 1. The lowest BCUT2D eigenvalue weighted by atomic mass is 9.86. The van der Waals surface area contributed by atoms with Gasteiger partial charge in [-0.2, -0.15) is 0 Å². The summed E-state index contributed by atoms with van der Waals surface area (Å²) in [6.07, 6.45) is 5.22. The zero-order valence-corrected chi connectivity index (χ0v) is 7.55. The van der Waals surface area contributed by atoms with Crippen LogP contribution < -0.4 is 0 Å². The molecule has 2 aliphatic rings. The number of rotatable bonds is 1. The summed E-state index contributed by atoms with van der Waals surface area (Å²) in [5, 5.41) is 0. The lowest BCUT2D eigenvalue weighted by Crippen LogP contribution is -2.15. The zero-order valence-electron chi connectivity index (χ0n) is 7.55. The van der Waals surface area contributed by atoms with Gasteiger partial charge >= 0.3 is 0 Å². The third kappa shape index (κ3) is 1.12. The molecule has 1 unspecified atom stereocenters. The van der Waals surface area contributed by atoms with Gasteiger partial charge in [-0.05, 0) is 25.7 Å². The van der Waals surface area contributed by atoms with Crippen molar-refractivity contribution in [1.82, 2.24) is 0 Å². The van der Waals surface area contributed by atoms with Gasteiger partial charge in [0.15, 0.2) is 0 Å². The molecule has 11 heavy (non-hydrogen) atoms. The van der Waals surface area contributed by atoms with Crippen LogP contribution in [0.2, 0.25) is 0 Å². The van der Waals surface area contributed by atoms with Gasteiger partial charge in [0.2, 0.25) is 0 Å². The smallest absolute Gasteiger partial charge is 0.0958 e. The van der Waals surface area contributed by atoms with E-state index < -0.39 is 0 Å². The van der Waals surface area contributed by atoms with Crippen LogP contribution in [0.25, 0.3) is 0 Å². The summed E-state index contributed by atoms with van der Waals surface area (Å²) in [5.74, 6) is 0.712. The van der Waals surface area contributed by atoms with E-state index in [2.05, 4.69) is 26.8 Å². The van der Waals surface area contributed by atoms with E-state index >= 15 is 0 Å². The summed E-state index contributed by atoms with van der Waals surface area (Å²) < 4.78 is 5.59. The Kier molecular flexibility index (Phi) is 1.40. The summed E-state index contributed by atoms with van der Waals surface area (Å²) >= 11 is 0. The lowest BCUT2D eigenvalue weighted by molar-refractivity contribution is 0.313. The molecule has 2 atom stereocenters. The van der Waals surface area contributed by atoms with Crippen LogP contribution in [0.15, 0.2) is 11.6 Å². The van der Waals surface area contributed by atoms with Crippen molar-refractivity contribution in [2.24, 2.45) is 5.92 Å². The molecule has 2 rings (SSSR count). The highest BCUT2D eigenvalue weighted by molar-refractivity contribution is 5.21. The first kappa shape index (κ1) is 7.35. The van der Waals surface area contributed by atoms with Crippen molar-refractivity contribution < 1.29 is 4.74 Å². The first-order valence-electron chi connectivity index (χ1n) is 4.48. The molecule has 0 amide bonds. The van der Waals surface area contributed by atoms with E-state index in [4.69, 9.17) is 4.74 Å². The highest BCUT2D eigenvalue weighted by atomic mass is 16.6. The minimum absolute atomic E-state index is 0.235. The topological polar surface area (TPSA) is 12.5 Å². The maximum Gasteiger partial charge on any atom is 0.0958 e. The molecule has 1 heterocycles. The second kappa shape index (κ2) is 2.10. The van der Waals surface area contributed by atoms with Crippen molar-refractivity contribution in [3.05, 3.63) is 11.6 Å². The fourth-order valence-electron chi connectivity index (χ4n) is 1.83. The summed E-state index contributed by atoms with van der Waals surface area (Å²) in [6.45, 7) is 6.74. The fraction of sp³-hybridized carbons (Fsp3) is 0.800. The van der Waals surface area contributed by atoms with Gasteiger partial charge in [-0.25, -0.2) is 0 Å². The van der Waals surface area contributed by atoms with E-state index in [9.17, 15) is 0 Å². The van der Waals surface area contributed by atoms with Crippen molar-refractivity contribution in [1.29, 1.82) is 0 Å². The van der Waals surface area contributed by atoms with E-state index in [1.165, 1.54) is 6.42 Å². The van der Waals surface area contributed by atoms with Gasteiger partial charge < -0.3 is 4.74 Å². The van der Waals surface area contributed by atoms with Crippen molar-refractivity contribution in [2.75, 3.05) is 0 Å². The molecule has 0 aromatic carbocycles. The maximum absolute atomic E-state index is 5.59. The summed E-state index contributed by atoms with van der Waals surface area (Å²) in [6, 6.07) is 0. The van der Waals surface area contributed by atoms with Crippen molar-refractivity contribution in [3.63, 3.8) is 0 Å². The molecule has 0 radical (unpaired) electrons. The number of ether oxygens (including phenoxy) is 1. The standard InChI is InChI=1S/C10H16O/c1-7(2)8-4-5-10(3)9(6-8)11-10/h4,7,9H,5-6H2,1-3H3/t9?,10-/m1/s1. The van der Waals surface area contributed by atoms with E-state index in [0.717, 1.165) is 6.42 Å². The number of hydrogen-bond donors (Lipinski definition) is 0. The van der Waals surface area contributed by atoms with Crippen LogP contribution >= 0.6 is 0 Å². The van der Waals surface area contributed by atoms with Crippen LogP contribution in [0.5, 0.6) is 0 Å². The largest absolute Gasteiger partial charge is 0.366 e. The Balaban J connectivity index is 2.07. The third-order valence-electron chi connectivity index (χ3n) is 2.97. The quantitative estimate of drug-likeness (QED) is 0.415. The molecule has 1 aliphatic heterocycles. The van der Waals surface area contributed by atoms with Crippen LogP contribution in [0.3, 0.4) is 0 Å². The minimum atomic E-state index is 0.235. The van der Waals surface area contributed by atoms with Crippen LogP contribution in [0.1, 0.15) is 33.6 Å². The maximum atomic E-state index is 5.59. The molecule has 0 bridgehead atoms. The van der Waals surface area contributed by atoms with E-state index in [1.807, 2.05) is 0 Å². The van der Waals surface area contributed by atoms with Crippen LogP contribution in [0, 0.1) is 5.92 Å². The van der Waals surface area contributed by atoms with E-state index in [-0.39, 0.29) is 5.60 Å². The molecule has 1 saturated heterocycles. The van der Waals surface area contributed by atoms with Crippen LogP contribution in [-0.2, 0) is 4.74 Å². The third-order valence-corrected chi connectivity index (χ3v) is 2.97. The average molecular weight is 152 g/mol. The molecule has 62 valence electrons. The Morgan fingerprint density at radius 2 is 2.36 bits per heavy atom. The second-order valence-electron chi connectivity index (χ2n) is 4.26. The van der Waals surface area contributed by atoms with Crippen LogP contribution in [0.4, 0.5) is 0 Å². The minimum Gasteiger partial charge on any atom is -0.366 e. The Bertz CT molecular complexity index is 205. The first-order chi connectivity index (χ1) is 5.12. The van der Waals surface area contributed by atoms with E-state index in [1.54, 1.807) is 5.57 Å². The molecule has 0 aromatic heterocycles. The summed E-state index contributed by atoms with van der Waals surface area (Å²) in [4.78, 5) is 0. The Morgan fingerprint density at radius 3 is 2.91 bits per heavy atom. The molecule has 1 fully saturated rings. The SMILES string of the molecule is CC(C)C1=CC[C@@]2(C)OC2C1.